The zero-order valence-electron chi connectivity index (χ0n) is 13.9. The van der Waals surface area contributed by atoms with Crippen LogP contribution >= 0.6 is 0 Å². The van der Waals surface area contributed by atoms with Gasteiger partial charge in [0, 0.05) is 22.8 Å². The van der Waals surface area contributed by atoms with E-state index in [0.717, 1.165) is 40.7 Å². The van der Waals surface area contributed by atoms with E-state index in [-0.39, 0.29) is 11.7 Å². The van der Waals surface area contributed by atoms with Crippen LogP contribution in [0.2, 0.25) is 0 Å². The van der Waals surface area contributed by atoms with Gasteiger partial charge >= 0.3 is 0 Å². The predicted molar refractivity (Wildman–Crippen MR) is 95.4 cm³/mol. The minimum atomic E-state index is -0.579. The highest BCUT2D eigenvalue weighted by atomic mass is 19.1. The van der Waals surface area contributed by atoms with Crippen molar-refractivity contribution >= 4 is 22.5 Å². The molecule has 4 nitrogen and oxygen atoms in total. The minimum Gasteiger partial charge on any atom is -0.494 e. The molecule has 25 heavy (non-hydrogen) atoms. The molecule has 2 N–H and O–H groups in total. The summed E-state index contributed by atoms with van der Waals surface area (Å²) < 4.78 is 19.0. The first-order valence-electron chi connectivity index (χ1n) is 8.44. The minimum absolute atomic E-state index is 0.0539. The summed E-state index contributed by atoms with van der Waals surface area (Å²) in [6, 6.07) is 11.9. The number of rotatable bonds is 5. The summed E-state index contributed by atoms with van der Waals surface area (Å²) in [7, 11) is 0. The number of benzene rings is 2. The fourth-order valence-electron chi connectivity index (χ4n) is 3.28. The Morgan fingerprint density at radius 1 is 1.24 bits per heavy atom. The van der Waals surface area contributed by atoms with E-state index < -0.39 is 5.41 Å². The molecule has 128 valence electrons. The summed E-state index contributed by atoms with van der Waals surface area (Å²) in [4.78, 5) is 16.0. The van der Waals surface area contributed by atoms with E-state index >= 15 is 0 Å². The number of carbonyl (C=O) groups is 1. The number of H-pyrrole nitrogens is 1. The third-order valence-electron chi connectivity index (χ3n) is 4.77. The second-order valence-electron chi connectivity index (χ2n) is 6.39. The van der Waals surface area contributed by atoms with Crippen LogP contribution in [0.4, 0.5) is 10.1 Å². The standard InChI is InChI=1S/C20H19FN2O2/c1-2-25-15-6-4-14(5-7-15)23-19(24)20(9-10-20)17-12-22-18-8-3-13(21)11-16(17)18/h3-8,11-12,22H,2,9-10H2,1H3,(H,23,24). The number of aromatic amines is 1. The number of amides is 1. The molecule has 4 rings (SSSR count). The van der Waals surface area contributed by atoms with Gasteiger partial charge in [0.15, 0.2) is 0 Å². The molecule has 1 heterocycles. The Labute approximate surface area is 145 Å². The normalized spacial score (nSPS) is 15.1. The number of hydrogen-bond acceptors (Lipinski definition) is 2. The zero-order valence-corrected chi connectivity index (χ0v) is 13.9. The van der Waals surface area contributed by atoms with Crippen molar-refractivity contribution in [3.8, 4) is 5.75 Å². The molecule has 0 unspecified atom stereocenters. The molecule has 1 aliphatic rings. The zero-order chi connectivity index (χ0) is 17.4. The number of carbonyl (C=O) groups excluding carboxylic acids is 1. The first kappa shape index (κ1) is 15.7. The molecule has 1 saturated carbocycles. The average molecular weight is 338 g/mol. The summed E-state index contributed by atoms with van der Waals surface area (Å²) >= 11 is 0. The summed E-state index contributed by atoms with van der Waals surface area (Å²) in [6.45, 7) is 2.53. The van der Waals surface area contributed by atoms with Crippen LogP contribution in [-0.4, -0.2) is 17.5 Å². The molecular weight excluding hydrogens is 319 g/mol. The van der Waals surface area contributed by atoms with Crippen LogP contribution in [0.1, 0.15) is 25.3 Å². The highest BCUT2D eigenvalue weighted by molar-refractivity contribution is 6.04. The van der Waals surface area contributed by atoms with E-state index in [1.165, 1.54) is 12.1 Å². The number of halogens is 1. The highest BCUT2D eigenvalue weighted by Crippen LogP contribution is 2.51. The lowest BCUT2D eigenvalue weighted by Gasteiger charge is -2.15. The van der Waals surface area contributed by atoms with Gasteiger partial charge in [-0.2, -0.15) is 0 Å². The third kappa shape index (κ3) is 2.76. The Bertz CT molecular complexity index is 927. The van der Waals surface area contributed by atoms with Crippen LogP contribution < -0.4 is 10.1 Å². The van der Waals surface area contributed by atoms with Crippen molar-refractivity contribution < 1.29 is 13.9 Å². The van der Waals surface area contributed by atoms with Crippen LogP contribution in [0.15, 0.2) is 48.7 Å². The van der Waals surface area contributed by atoms with Gasteiger partial charge in [-0.05, 0) is 67.8 Å². The van der Waals surface area contributed by atoms with Crippen molar-refractivity contribution in [1.29, 1.82) is 0 Å². The molecule has 0 atom stereocenters. The Balaban J connectivity index is 1.59. The lowest BCUT2D eigenvalue weighted by atomic mass is 9.94. The summed E-state index contributed by atoms with van der Waals surface area (Å²) in [5.41, 5.74) is 1.86. The average Bonchev–Trinajstić information content (AvgIpc) is 3.31. The van der Waals surface area contributed by atoms with E-state index in [2.05, 4.69) is 10.3 Å². The van der Waals surface area contributed by atoms with Gasteiger partial charge in [-0.25, -0.2) is 4.39 Å². The Hall–Kier alpha value is -2.82. The largest absolute Gasteiger partial charge is 0.494 e. The first-order valence-corrected chi connectivity index (χ1v) is 8.44. The summed E-state index contributed by atoms with van der Waals surface area (Å²) in [5.74, 6) is 0.423. The molecule has 1 aromatic heterocycles. The van der Waals surface area contributed by atoms with E-state index in [4.69, 9.17) is 4.74 Å². The molecule has 0 spiro atoms. The van der Waals surface area contributed by atoms with Crippen molar-refractivity contribution in [2.45, 2.75) is 25.2 Å². The second-order valence-corrected chi connectivity index (χ2v) is 6.39. The van der Waals surface area contributed by atoms with Crippen LogP contribution in [0.5, 0.6) is 5.75 Å². The molecule has 1 aliphatic carbocycles. The second kappa shape index (κ2) is 5.92. The number of hydrogen-bond donors (Lipinski definition) is 2. The molecule has 1 amide bonds. The number of ether oxygens (including phenoxy) is 1. The summed E-state index contributed by atoms with van der Waals surface area (Å²) in [5, 5.41) is 3.76. The van der Waals surface area contributed by atoms with E-state index in [1.807, 2.05) is 37.4 Å². The Morgan fingerprint density at radius 3 is 2.68 bits per heavy atom. The van der Waals surface area contributed by atoms with Crippen LogP contribution in [0.25, 0.3) is 10.9 Å². The van der Waals surface area contributed by atoms with Crippen molar-refractivity contribution in [3.63, 3.8) is 0 Å². The molecule has 0 bridgehead atoms. The maximum absolute atomic E-state index is 13.6. The number of anilines is 1. The fraction of sp³-hybridized carbons (Fsp3) is 0.250. The quantitative estimate of drug-likeness (QED) is 0.725. The van der Waals surface area contributed by atoms with Gasteiger partial charge in [-0.1, -0.05) is 0 Å². The van der Waals surface area contributed by atoms with Gasteiger partial charge in [-0.3, -0.25) is 4.79 Å². The third-order valence-corrected chi connectivity index (χ3v) is 4.77. The monoisotopic (exact) mass is 338 g/mol. The molecule has 5 heteroatoms. The maximum atomic E-state index is 13.6. The fourth-order valence-corrected chi connectivity index (χ4v) is 3.28. The number of nitrogens with one attached hydrogen (secondary N) is 2. The summed E-state index contributed by atoms with van der Waals surface area (Å²) in [6.07, 6.45) is 3.35. The van der Waals surface area contributed by atoms with Crippen LogP contribution in [0, 0.1) is 5.82 Å². The smallest absolute Gasteiger partial charge is 0.235 e. The highest BCUT2D eigenvalue weighted by Gasteiger charge is 2.52. The number of aromatic nitrogens is 1. The molecule has 2 aromatic carbocycles. The molecule has 0 saturated heterocycles. The van der Waals surface area contributed by atoms with Gasteiger partial charge in [0.2, 0.25) is 5.91 Å². The van der Waals surface area contributed by atoms with E-state index in [9.17, 15) is 9.18 Å². The van der Waals surface area contributed by atoms with Gasteiger partial charge in [0.25, 0.3) is 0 Å². The van der Waals surface area contributed by atoms with Crippen LogP contribution in [0.3, 0.4) is 0 Å². The van der Waals surface area contributed by atoms with Crippen LogP contribution in [-0.2, 0) is 10.2 Å². The van der Waals surface area contributed by atoms with Crippen molar-refractivity contribution in [2.24, 2.45) is 0 Å². The van der Waals surface area contributed by atoms with Crippen molar-refractivity contribution in [1.82, 2.24) is 4.98 Å². The van der Waals surface area contributed by atoms with Gasteiger partial charge < -0.3 is 15.0 Å². The van der Waals surface area contributed by atoms with Crippen molar-refractivity contribution in [3.05, 3.63) is 60.0 Å². The molecule has 0 radical (unpaired) electrons. The lowest BCUT2D eigenvalue weighted by Crippen LogP contribution is -2.27. The molecular formula is C20H19FN2O2. The first-order chi connectivity index (χ1) is 12.1. The van der Waals surface area contributed by atoms with E-state index in [1.54, 1.807) is 6.07 Å². The predicted octanol–water partition coefficient (Wildman–Crippen LogP) is 4.38. The Kier molecular flexibility index (Phi) is 3.71. The molecule has 0 aliphatic heterocycles. The lowest BCUT2D eigenvalue weighted by molar-refractivity contribution is -0.118. The maximum Gasteiger partial charge on any atom is 0.235 e. The SMILES string of the molecule is CCOc1ccc(NC(=O)C2(c3c[nH]c4ccc(F)cc34)CC2)cc1. The van der Waals surface area contributed by atoms with Gasteiger partial charge in [-0.15, -0.1) is 0 Å². The molecule has 3 aromatic rings. The Morgan fingerprint density at radius 2 is 2.00 bits per heavy atom. The van der Waals surface area contributed by atoms with E-state index in [0.29, 0.717) is 6.61 Å². The van der Waals surface area contributed by atoms with Gasteiger partial charge in [0.1, 0.15) is 11.6 Å². The molecule has 1 fully saturated rings. The topological polar surface area (TPSA) is 54.1 Å². The van der Waals surface area contributed by atoms with Crippen molar-refractivity contribution in [2.75, 3.05) is 11.9 Å². The number of fused-ring (bicyclic) bond motifs is 1. The van der Waals surface area contributed by atoms with Gasteiger partial charge in [0.05, 0.1) is 12.0 Å².